The van der Waals surface area contributed by atoms with E-state index in [9.17, 15) is 23.7 Å². The fourth-order valence-corrected chi connectivity index (χ4v) is 1.52. The molecule has 8 heteroatoms. The minimum Gasteiger partial charge on any atom is -0.366 e. The standard InChI is InChI=1S/C12H15F2N3O3/c1-6(2)15-12(18)7(3)16-11-9(17(19)20)5-4-8(13)10(11)14/h4-7,16H,1-3H3,(H,15,18). The lowest BCUT2D eigenvalue weighted by molar-refractivity contribution is -0.384. The molecule has 0 aromatic heterocycles. The van der Waals surface area contributed by atoms with E-state index in [-0.39, 0.29) is 6.04 Å². The molecular weight excluding hydrogens is 272 g/mol. The monoisotopic (exact) mass is 287 g/mol. The lowest BCUT2D eigenvalue weighted by Gasteiger charge is -2.17. The first-order chi connectivity index (χ1) is 9.23. The maximum atomic E-state index is 13.6. The van der Waals surface area contributed by atoms with Crippen LogP contribution in [0.4, 0.5) is 20.2 Å². The summed E-state index contributed by atoms with van der Waals surface area (Å²) in [6, 6.07) is 0.414. The molecular formula is C12H15F2N3O3. The largest absolute Gasteiger partial charge is 0.366 e. The average Bonchev–Trinajstić information content (AvgIpc) is 2.33. The van der Waals surface area contributed by atoms with Crippen molar-refractivity contribution in [2.75, 3.05) is 5.32 Å². The molecule has 0 fully saturated rings. The van der Waals surface area contributed by atoms with Crippen LogP contribution in [0.3, 0.4) is 0 Å². The molecule has 0 saturated carbocycles. The zero-order chi connectivity index (χ0) is 15.4. The Morgan fingerprint density at radius 2 is 1.90 bits per heavy atom. The van der Waals surface area contributed by atoms with Gasteiger partial charge in [-0.3, -0.25) is 14.9 Å². The maximum Gasteiger partial charge on any atom is 0.295 e. The van der Waals surface area contributed by atoms with Gasteiger partial charge in [0.2, 0.25) is 5.91 Å². The second-order valence-corrected chi connectivity index (χ2v) is 4.54. The zero-order valence-electron chi connectivity index (χ0n) is 11.2. The van der Waals surface area contributed by atoms with Crippen LogP contribution < -0.4 is 10.6 Å². The molecule has 0 spiro atoms. The molecule has 1 unspecified atom stereocenters. The molecule has 1 rings (SSSR count). The number of nitro benzene ring substituents is 1. The Labute approximate surface area is 114 Å². The molecule has 2 N–H and O–H groups in total. The van der Waals surface area contributed by atoms with E-state index in [0.717, 1.165) is 6.07 Å². The molecule has 0 radical (unpaired) electrons. The van der Waals surface area contributed by atoms with Gasteiger partial charge in [-0.25, -0.2) is 8.78 Å². The van der Waals surface area contributed by atoms with Crippen LogP contribution in [-0.4, -0.2) is 22.9 Å². The molecule has 1 amide bonds. The van der Waals surface area contributed by atoms with E-state index >= 15 is 0 Å². The van der Waals surface area contributed by atoms with Crippen molar-refractivity contribution < 1.29 is 18.5 Å². The van der Waals surface area contributed by atoms with Gasteiger partial charge in [0.25, 0.3) is 5.69 Å². The number of amides is 1. The van der Waals surface area contributed by atoms with Gasteiger partial charge in [0, 0.05) is 12.1 Å². The Morgan fingerprint density at radius 3 is 2.40 bits per heavy atom. The Kier molecular flexibility index (Phi) is 4.95. The quantitative estimate of drug-likeness (QED) is 0.642. The predicted octanol–water partition coefficient (Wildman–Crippen LogP) is 2.20. The molecule has 0 heterocycles. The van der Waals surface area contributed by atoms with Crippen molar-refractivity contribution in [2.45, 2.75) is 32.9 Å². The van der Waals surface area contributed by atoms with Crippen molar-refractivity contribution in [3.8, 4) is 0 Å². The van der Waals surface area contributed by atoms with Gasteiger partial charge in [0.05, 0.1) is 4.92 Å². The van der Waals surface area contributed by atoms with Crippen LogP contribution in [-0.2, 0) is 4.79 Å². The Hall–Kier alpha value is -2.25. The number of hydrogen-bond donors (Lipinski definition) is 2. The number of benzene rings is 1. The molecule has 1 aromatic carbocycles. The second kappa shape index (κ2) is 6.27. The van der Waals surface area contributed by atoms with Crippen LogP contribution in [0.5, 0.6) is 0 Å². The fourth-order valence-electron chi connectivity index (χ4n) is 1.52. The van der Waals surface area contributed by atoms with Gasteiger partial charge in [-0.15, -0.1) is 0 Å². The number of rotatable bonds is 5. The van der Waals surface area contributed by atoms with Crippen molar-refractivity contribution in [3.05, 3.63) is 33.9 Å². The molecule has 0 saturated heterocycles. The van der Waals surface area contributed by atoms with Crippen molar-refractivity contribution in [1.29, 1.82) is 0 Å². The summed E-state index contributed by atoms with van der Waals surface area (Å²) in [5.41, 5.74) is -1.27. The Bertz CT molecular complexity index is 535. The number of hydrogen-bond acceptors (Lipinski definition) is 4. The third-order valence-electron chi connectivity index (χ3n) is 2.45. The summed E-state index contributed by atoms with van der Waals surface area (Å²) in [4.78, 5) is 21.6. The summed E-state index contributed by atoms with van der Waals surface area (Å²) in [5.74, 6) is -3.09. The van der Waals surface area contributed by atoms with Gasteiger partial charge in [-0.05, 0) is 26.8 Å². The molecule has 0 aliphatic carbocycles. The van der Waals surface area contributed by atoms with Gasteiger partial charge in [-0.1, -0.05) is 0 Å². The number of nitro groups is 1. The summed E-state index contributed by atoms with van der Waals surface area (Å²) < 4.78 is 26.8. The highest BCUT2D eigenvalue weighted by Crippen LogP contribution is 2.29. The third-order valence-corrected chi connectivity index (χ3v) is 2.45. The highest BCUT2D eigenvalue weighted by atomic mass is 19.2. The summed E-state index contributed by atoms with van der Waals surface area (Å²) >= 11 is 0. The molecule has 0 bridgehead atoms. The summed E-state index contributed by atoms with van der Waals surface area (Å²) in [6.07, 6.45) is 0. The first-order valence-corrected chi connectivity index (χ1v) is 5.93. The van der Waals surface area contributed by atoms with Crippen molar-refractivity contribution in [3.63, 3.8) is 0 Å². The zero-order valence-corrected chi connectivity index (χ0v) is 11.2. The van der Waals surface area contributed by atoms with Crippen LogP contribution in [0.1, 0.15) is 20.8 Å². The summed E-state index contributed by atoms with van der Waals surface area (Å²) in [5, 5.41) is 15.7. The highest BCUT2D eigenvalue weighted by molar-refractivity contribution is 5.85. The summed E-state index contributed by atoms with van der Waals surface area (Å²) in [6.45, 7) is 4.86. The predicted molar refractivity (Wildman–Crippen MR) is 69.4 cm³/mol. The van der Waals surface area contributed by atoms with E-state index < -0.39 is 39.9 Å². The van der Waals surface area contributed by atoms with Crippen LogP contribution in [0, 0.1) is 21.7 Å². The highest BCUT2D eigenvalue weighted by Gasteiger charge is 2.25. The smallest absolute Gasteiger partial charge is 0.295 e. The molecule has 1 atom stereocenters. The topological polar surface area (TPSA) is 84.3 Å². The van der Waals surface area contributed by atoms with E-state index in [1.165, 1.54) is 6.92 Å². The van der Waals surface area contributed by atoms with Gasteiger partial charge >= 0.3 is 0 Å². The lowest BCUT2D eigenvalue weighted by atomic mass is 10.2. The van der Waals surface area contributed by atoms with Crippen LogP contribution in [0.25, 0.3) is 0 Å². The van der Waals surface area contributed by atoms with E-state index in [1.807, 2.05) is 0 Å². The van der Waals surface area contributed by atoms with Gasteiger partial charge in [0.15, 0.2) is 17.3 Å². The molecule has 0 aliphatic rings. The molecule has 110 valence electrons. The number of halogens is 2. The molecule has 1 aromatic rings. The molecule has 0 aliphatic heterocycles. The van der Waals surface area contributed by atoms with Gasteiger partial charge < -0.3 is 10.6 Å². The van der Waals surface area contributed by atoms with E-state index in [1.54, 1.807) is 13.8 Å². The van der Waals surface area contributed by atoms with Gasteiger partial charge in [0.1, 0.15) is 6.04 Å². The van der Waals surface area contributed by atoms with E-state index in [0.29, 0.717) is 6.07 Å². The summed E-state index contributed by atoms with van der Waals surface area (Å²) in [7, 11) is 0. The molecule has 20 heavy (non-hydrogen) atoms. The fraction of sp³-hybridized carbons (Fsp3) is 0.417. The second-order valence-electron chi connectivity index (χ2n) is 4.54. The van der Waals surface area contributed by atoms with Crippen LogP contribution in [0.2, 0.25) is 0 Å². The third kappa shape index (κ3) is 3.62. The number of nitrogens with zero attached hydrogens (tertiary/aromatic N) is 1. The normalized spacial score (nSPS) is 12.1. The number of carbonyl (C=O) groups is 1. The van der Waals surface area contributed by atoms with Gasteiger partial charge in [-0.2, -0.15) is 0 Å². The number of anilines is 1. The van der Waals surface area contributed by atoms with Crippen LogP contribution in [0.15, 0.2) is 12.1 Å². The minimum atomic E-state index is -1.39. The maximum absolute atomic E-state index is 13.6. The van der Waals surface area contributed by atoms with Crippen molar-refractivity contribution in [2.24, 2.45) is 0 Å². The number of nitrogens with one attached hydrogen (secondary N) is 2. The van der Waals surface area contributed by atoms with E-state index in [4.69, 9.17) is 0 Å². The first kappa shape index (κ1) is 15.8. The van der Waals surface area contributed by atoms with Crippen molar-refractivity contribution in [1.82, 2.24) is 5.32 Å². The minimum absolute atomic E-state index is 0.140. The molecule has 6 nitrogen and oxygen atoms in total. The Morgan fingerprint density at radius 1 is 1.30 bits per heavy atom. The lowest BCUT2D eigenvalue weighted by Crippen LogP contribution is -2.41. The SMILES string of the molecule is CC(C)NC(=O)C(C)Nc1c([N+](=O)[O-])ccc(F)c1F. The average molecular weight is 287 g/mol. The van der Waals surface area contributed by atoms with Crippen LogP contribution >= 0.6 is 0 Å². The van der Waals surface area contributed by atoms with Crippen molar-refractivity contribution >= 4 is 17.3 Å². The Balaban J connectivity index is 3.04. The first-order valence-electron chi connectivity index (χ1n) is 5.93. The van der Waals surface area contributed by atoms with E-state index in [2.05, 4.69) is 10.6 Å². The number of carbonyl (C=O) groups excluding carboxylic acids is 1.